The minimum absolute atomic E-state index is 0.0267. The van der Waals surface area contributed by atoms with Crippen LogP contribution in [0.2, 0.25) is 0 Å². The zero-order valence-corrected chi connectivity index (χ0v) is 11.8. The van der Waals surface area contributed by atoms with Crippen LogP contribution in [0.3, 0.4) is 0 Å². The molecule has 1 saturated carbocycles. The van der Waals surface area contributed by atoms with Crippen molar-refractivity contribution in [3.8, 4) is 0 Å². The Morgan fingerprint density at radius 3 is 2.68 bits per heavy atom. The topological polar surface area (TPSA) is 24.9 Å². The molecule has 108 valence electrons. The van der Waals surface area contributed by atoms with Crippen molar-refractivity contribution >= 4 is 11.3 Å². The van der Waals surface area contributed by atoms with Gasteiger partial charge in [0.1, 0.15) is 0 Å². The predicted molar refractivity (Wildman–Crippen MR) is 70.1 cm³/mol. The molecular formula is C13H19F3N2S. The second-order valence-electron chi connectivity index (χ2n) is 5.10. The third kappa shape index (κ3) is 3.92. The van der Waals surface area contributed by atoms with E-state index in [4.69, 9.17) is 0 Å². The van der Waals surface area contributed by atoms with Crippen molar-refractivity contribution in [2.45, 2.75) is 51.2 Å². The van der Waals surface area contributed by atoms with Gasteiger partial charge in [-0.1, -0.05) is 26.2 Å². The molecular weight excluding hydrogens is 273 g/mol. The average Bonchev–Trinajstić information content (AvgIpc) is 2.76. The van der Waals surface area contributed by atoms with E-state index in [1.54, 1.807) is 0 Å². The van der Waals surface area contributed by atoms with E-state index in [0.717, 1.165) is 30.7 Å². The molecule has 0 aromatic carbocycles. The Morgan fingerprint density at radius 1 is 1.47 bits per heavy atom. The Kier molecular flexibility index (Phi) is 4.84. The highest BCUT2D eigenvalue weighted by Gasteiger charge is 2.35. The number of rotatable bonds is 6. The monoisotopic (exact) mass is 292 g/mol. The standard InChI is InChI=1S/C13H19F3N2S/c1-2-6-17-10(7-9-4-3-5-9)11-8-18-12(19-11)13(14,15)16/h8-10,17H,2-7H2,1H3. The Labute approximate surface area is 115 Å². The zero-order chi connectivity index (χ0) is 13.9. The molecule has 0 saturated heterocycles. The molecule has 0 amide bonds. The maximum absolute atomic E-state index is 12.6. The number of alkyl halides is 3. The summed E-state index contributed by atoms with van der Waals surface area (Å²) in [5.41, 5.74) is 0. The molecule has 0 bridgehead atoms. The van der Waals surface area contributed by atoms with Crippen LogP contribution in [-0.4, -0.2) is 11.5 Å². The van der Waals surface area contributed by atoms with Gasteiger partial charge in [0.15, 0.2) is 5.01 Å². The third-order valence-corrected chi connectivity index (χ3v) is 4.70. The average molecular weight is 292 g/mol. The normalized spacial score (nSPS) is 18.3. The van der Waals surface area contributed by atoms with Gasteiger partial charge in [-0.25, -0.2) is 4.98 Å². The number of nitrogens with one attached hydrogen (secondary N) is 1. The fourth-order valence-corrected chi connectivity index (χ4v) is 3.13. The molecule has 1 atom stereocenters. The number of aromatic nitrogens is 1. The van der Waals surface area contributed by atoms with Crippen LogP contribution in [0.1, 0.15) is 55.0 Å². The first-order valence-corrected chi connectivity index (χ1v) is 7.58. The van der Waals surface area contributed by atoms with Gasteiger partial charge in [0.2, 0.25) is 0 Å². The van der Waals surface area contributed by atoms with Gasteiger partial charge in [-0.3, -0.25) is 0 Å². The Balaban J connectivity index is 2.05. The summed E-state index contributed by atoms with van der Waals surface area (Å²) in [6, 6.07) is 0.0267. The first-order chi connectivity index (χ1) is 9.00. The van der Waals surface area contributed by atoms with E-state index in [9.17, 15) is 13.2 Å². The lowest BCUT2D eigenvalue weighted by molar-refractivity contribution is -0.137. The molecule has 19 heavy (non-hydrogen) atoms. The van der Waals surface area contributed by atoms with Gasteiger partial charge in [0.25, 0.3) is 0 Å². The number of hydrogen-bond donors (Lipinski definition) is 1. The van der Waals surface area contributed by atoms with Gasteiger partial charge in [-0.15, -0.1) is 11.3 Å². The summed E-state index contributed by atoms with van der Waals surface area (Å²) < 4.78 is 37.8. The summed E-state index contributed by atoms with van der Waals surface area (Å²) in [6.07, 6.45) is 2.63. The van der Waals surface area contributed by atoms with Gasteiger partial charge in [0, 0.05) is 17.1 Å². The quantitative estimate of drug-likeness (QED) is 0.841. The van der Waals surface area contributed by atoms with E-state index in [-0.39, 0.29) is 6.04 Å². The Morgan fingerprint density at radius 2 is 2.21 bits per heavy atom. The minimum Gasteiger partial charge on any atom is -0.309 e. The lowest BCUT2D eigenvalue weighted by Crippen LogP contribution is -2.26. The minimum atomic E-state index is -4.32. The molecule has 6 heteroatoms. The zero-order valence-electron chi connectivity index (χ0n) is 11.0. The van der Waals surface area contributed by atoms with Crippen LogP contribution >= 0.6 is 11.3 Å². The van der Waals surface area contributed by atoms with Gasteiger partial charge in [0.05, 0.1) is 0 Å². The van der Waals surface area contributed by atoms with Crippen LogP contribution < -0.4 is 5.32 Å². The SMILES string of the molecule is CCCNC(CC1CCC1)c1cnc(C(F)(F)F)s1. The van der Waals surface area contributed by atoms with Crippen molar-refractivity contribution in [2.24, 2.45) is 5.92 Å². The van der Waals surface area contributed by atoms with Crippen molar-refractivity contribution in [2.75, 3.05) is 6.54 Å². The highest BCUT2D eigenvalue weighted by atomic mass is 32.1. The van der Waals surface area contributed by atoms with Crippen molar-refractivity contribution in [3.05, 3.63) is 16.1 Å². The smallest absolute Gasteiger partial charge is 0.309 e. The molecule has 0 aliphatic heterocycles. The van der Waals surface area contributed by atoms with E-state index >= 15 is 0 Å². The van der Waals surface area contributed by atoms with Crippen LogP contribution in [0.4, 0.5) is 13.2 Å². The van der Waals surface area contributed by atoms with Gasteiger partial charge < -0.3 is 5.32 Å². The Bertz CT molecular complexity index is 399. The number of nitrogens with zero attached hydrogens (tertiary/aromatic N) is 1. The molecule has 1 aliphatic carbocycles. The van der Waals surface area contributed by atoms with Crippen LogP contribution in [0.5, 0.6) is 0 Å². The summed E-state index contributed by atoms with van der Waals surface area (Å²) >= 11 is 0.776. The van der Waals surface area contributed by atoms with Crippen LogP contribution in [0, 0.1) is 5.92 Å². The molecule has 1 fully saturated rings. The summed E-state index contributed by atoms with van der Waals surface area (Å²) in [5.74, 6) is 0.658. The van der Waals surface area contributed by atoms with Gasteiger partial charge in [-0.05, 0) is 25.3 Å². The van der Waals surface area contributed by atoms with Gasteiger partial charge >= 0.3 is 6.18 Å². The first kappa shape index (κ1) is 14.8. The van der Waals surface area contributed by atoms with E-state index in [2.05, 4.69) is 17.2 Å². The fourth-order valence-electron chi connectivity index (χ4n) is 2.26. The second-order valence-corrected chi connectivity index (χ2v) is 6.17. The molecule has 1 aromatic rings. The van der Waals surface area contributed by atoms with Gasteiger partial charge in [-0.2, -0.15) is 13.2 Å². The van der Waals surface area contributed by atoms with E-state index in [1.807, 2.05) is 0 Å². The molecule has 1 N–H and O–H groups in total. The van der Waals surface area contributed by atoms with E-state index in [1.165, 1.54) is 25.5 Å². The summed E-state index contributed by atoms with van der Waals surface area (Å²) in [5, 5.41) is 2.62. The van der Waals surface area contributed by atoms with Crippen molar-refractivity contribution in [1.29, 1.82) is 0 Å². The lowest BCUT2D eigenvalue weighted by atomic mass is 9.80. The molecule has 0 spiro atoms. The molecule has 0 radical (unpaired) electrons. The molecule has 1 heterocycles. The summed E-state index contributed by atoms with van der Waals surface area (Å²) in [7, 11) is 0. The number of hydrogen-bond acceptors (Lipinski definition) is 3. The predicted octanol–water partition coefficient (Wildman–Crippen LogP) is 4.39. The van der Waals surface area contributed by atoms with Crippen molar-refractivity contribution in [1.82, 2.24) is 10.3 Å². The highest BCUT2D eigenvalue weighted by Crippen LogP contribution is 2.39. The van der Waals surface area contributed by atoms with E-state index < -0.39 is 11.2 Å². The van der Waals surface area contributed by atoms with Crippen LogP contribution in [0.15, 0.2) is 6.20 Å². The van der Waals surface area contributed by atoms with Crippen LogP contribution in [-0.2, 0) is 6.18 Å². The maximum atomic E-state index is 12.6. The molecule has 1 unspecified atom stereocenters. The largest absolute Gasteiger partial charge is 0.443 e. The summed E-state index contributed by atoms with van der Waals surface area (Å²) in [4.78, 5) is 4.24. The second kappa shape index (κ2) is 6.22. The number of halogens is 3. The molecule has 2 rings (SSSR count). The maximum Gasteiger partial charge on any atom is 0.443 e. The third-order valence-electron chi connectivity index (χ3n) is 3.54. The first-order valence-electron chi connectivity index (χ1n) is 6.77. The number of thiazole rings is 1. The van der Waals surface area contributed by atoms with Crippen molar-refractivity contribution < 1.29 is 13.2 Å². The fraction of sp³-hybridized carbons (Fsp3) is 0.769. The van der Waals surface area contributed by atoms with Crippen molar-refractivity contribution in [3.63, 3.8) is 0 Å². The molecule has 1 aromatic heterocycles. The van der Waals surface area contributed by atoms with E-state index in [0.29, 0.717) is 10.8 Å². The summed E-state index contributed by atoms with van der Waals surface area (Å²) in [6.45, 7) is 2.89. The highest BCUT2D eigenvalue weighted by molar-refractivity contribution is 7.11. The Hall–Kier alpha value is -0.620. The lowest BCUT2D eigenvalue weighted by Gasteiger charge is -2.29. The molecule has 2 nitrogen and oxygen atoms in total. The van der Waals surface area contributed by atoms with Crippen LogP contribution in [0.25, 0.3) is 0 Å². The molecule has 1 aliphatic rings.